The molecule has 4 aromatic rings. The second-order valence-corrected chi connectivity index (χ2v) is 4.75. The summed E-state index contributed by atoms with van der Waals surface area (Å²) in [6, 6.07) is 7.67. The molecule has 4 rings (SSSR count). The van der Waals surface area contributed by atoms with Crippen molar-refractivity contribution in [2.75, 3.05) is 0 Å². The number of aromatic amines is 1. The van der Waals surface area contributed by atoms with Crippen molar-refractivity contribution < 1.29 is 0 Å². The molecular formula is C14H8ClN5. The van der Waals surface area contributed by atoms with E-state index in [1.165, 1.54) is 6.33 Å². The van der Waals surface area contributed by atoms with Crippen molar-refractivity contribution in [2.24, 2.45) is 0 Å². The van der Waals surface area contributed by atoms with E-state index in [4.69, 9.17) is 11.6 Å². The predicted molar refractivity (Wildman–Crippen MR) is 77.4 cm³/mol. The van der Waals surface area contributed by atoms with E-state index >= 15 is 0 Å². The van der Waals surface area contributed by atoms with Crippen LogP contribution >= 0.6 is 11.6 Å². The third kappa shape index (κ3) is 1.64. The van der Waals surface area contributed by atoms with E-state index in [0.717, 1.165) is 22.0 Å². The largest absolute Gasteiger partial charge is 0.335 e. The topological polar surface area (TPSA) is 67.3 Å². The maximum atomic E-state index is 6.33. The highest BCUT2D eigenvalue weighted by Gasteiger charge is 2.14. The van der Waals surface area contributed by atoms with Crippen molar-refractivity contribution in [3.8, 4) is 11.4 Å². The van der Waals surface area contributed by atoms with Crippen molar-refractivity contribution in [3.63, 3.8) is 0 Å². The number of nitrogens with zero attached hydrogens (tertiary/aromatic N) is 4. The first kappa shape index (κ1) is 11.3. The molecule has 0 saturated heterocycles. The van der Waals surface area contributed by atoms with Gasteiger partial charge in [-0.15, -0.1) is 0 Å². The first-order valence-corrected chi connectivity index (χ1v) is 6.40. The van der Waals surface area contributed by atoms with Gasteiger partial charge in [-0.05, 0) is 12.1 Å². The lowest BCUT2D eigenvalue weighted by molar-refractivity contribution is 1.20. The summed E-state index contributed by atoms with van der Waals surface area (Å²) in [5.74, 6) is 0.648. The number of hydrogen-bond acceptors (Lipinski definition) is 4. The van der Waals surface area contributed by atoms with Crippen LogP contribution in [0, 0.1) is 0 Å². The summed E-state index contributed by atoms with van der Waals surface area (Å²) < 4.78 is 0. The Morgan fingerprint density at radius 3 is 2.95 bits per heavy atom. The van der Waals surface area contributed by atoms with E-state index in [9.17, 15) is 0 Å². The van der Waals surface area contributed by atoms with Crippen LogP contribution in [0.3, 0.4) is 0 Å². The van der Waals surface area contributed by atoms with Gasteiger partial charge in [-0.2, -0.15) is 0 Å². The number of halogens is 1. The van der Waals surface area contributed by atoms with Gasteiger partial charge in [0.1, 0.15) is 17.7 Å². The Bertz CT molecular complexity index is 898. The number of fused-ring (bicyclic) bond motifs is 2. The van der Waals surface area contributed by atoms with Gasteiger partial charge >= 0.3 is 0 Å². The van der Waals surface area contributed by atoms with Crippen molar-refractivity contribution in [2.45, 2.75) is 0 Å². The quantitative estimate of drug-likeness (QED) is 0.582. The summed E-state index contributed by atoms with van der Waals surface area (Å²) >= 11 is 6.33. The van der Waals surface area contributed by atoms with Crippen LogP contribution < -0.4 is 0 Å². The number of rotatable bonds is 1. The summed E-state index contributed by atoms with van der Waals surface area (Å²) in [5.41, 5.74) is 2.97. The summed E-state index contributed by atoms with van der Waals surface area (Å²) in [7, 11) is 0. The van der Waals surface area contributed by atoms with E-state index in [0.29, 0.717) is 16.5 Å². The van der Waals surface area contributed by atoms with Gasteiger partial charge < -0.3 is 4.98 Å². The Morgan fingerprint density at radius 2 is 2.05 bits per heavy atom. The Labute approximate surface area is 118 Å². The van der Waals surface area contributed by atoms with Gasteiger partial charge in [0.15, 0.2) is 5.65 Å². The van der Waals surface area contributed by atoms with Crippen molar-refractivity contribution in [1.29, 1.82) is 0 Å². The minimum absolute atomic E-state index is 0.600. The third-order valence-corrected chi connectivity index (χ3v) is 3.44. The van der Waals surface area contributed by atoms with Crippen LogP contribution in [0.25, 0.3) is 33.5 Å². The first-order chi connectivity index (χ1) is 9.83. The summed E-state index contributed by atoms with van der Waals surface area (Å²) in [6.45, 7) is 0. The average molecular weight is 282 g/mol. The molecule has 0 fully saturated rings. The lowest BCUT2D eigenvalue weighted by atomic mass is 10.1. The number of aromatic nitrogens is 5. The van der Waals surface area contributed by atoms with E-state index in [1.807, 2.05) is 24.3 Å². The zero-order chi connectivity index (χ0) is 13.5. The molecule has 5 nitrogen and oxygen atoms in total. The fourth-order valence-corrected chi connectivity index (χ4v) is 2.47. The fraction of sp³-hybridized carbons (Fsp3) is 0. The highest BCUT2D eigenvalue weighted by Crippen LogP contribution is 2.32. The van der Waals surface area contributed by atoms with Crippen LogP contribution in [0.15, 0.2) is 43.0 Å². The Morgan fingerprint density at radius 1 is 1.10 bits per heavy atom. The molecule has 0 aliphatic carbocycles. The molecule has 0 aliphatic rings. The summed E-state index contributed by atoms with van der Waals surface area (Å²) in [6.07, 6.45) is 4.89. The predicted octanol–water partition coefficient (Wildman–Crippen LogP) is 3.22. The molecule has 0 bridgehead atoms. The van der Waals surface area contributed by atoms with E-state index in [-0.39, 0.29) is 0 Å². The van der Waals surface area contributed by atoms with E-state index in [1.54, 1.807) is 12.4 Å². The lowest BCUT2D eigenvalue weighted by Crippen LogP contribution is -1.88. The van der Waals surface area contributed by atoms with Crippen LogP contribution in [0.1, 0.15) is 0 Å². The molecular weight excluding hydrogens is 274 g/mol. The molecule has 0 atom stereocenters. The Hall–Kier alpha value is -2.53. The van der Waals surface area contributed by atoms with Crippen molar-refractivity contribution in [1.82, 2.24) is 24.9 Å². The first-order valence-electron chi connectivity index (χ1n) is 6.02. The van der Waals surface area contributed by atoms with Gasteiger partial charge in [0.2, 0.25) is 0 Å². The molecule has 3 heterocycles. The van der Waals surface area contributed by atoms with Gasteiger partial charge in [0, 0.05) is 11.6 Å². The summed E-state index contributed by atoms with van der Waals surface area (Å²) in [4.78, 5) is 20.1. The number of pyridine rings is 1. The van der Waals surface area contributed by atoms with Crippen LogP contribution in [0.4, 0.5) is 0 Å². The molecule has 96 valence electrons. The van der Waals surface area contributed by atoms with Crippen LogP contribution in [0.2, 0.25) is 5.02 Å². The van der Waals surface area contributed by atoms with E-state index in [2.05, 4.69) is 24.9 Å². The van der Waals surface area contributed by atoms with Gasteiger partial charge in [0.25, 0.3) is 0 Å². The Kier molecular flexibility index (Phi) is 2.40. The standard InChI is InChI=1S/C14H8ClN5/c15-9-4-3-8-2-1-5-17-12(8)11(9)14-19-10-6-16-7-18-13(10)20-14/h1-7H,(H,16,18,19,20). The number of nitrogens with one attached hydrogen (secondary N) is 1. The van der Waals surface area contributed by atoms with Crippen LogP contribution in [-0.2, 0) is 0 Å². The second kappa shape index (κ2) is 4.25. The normalized spacial score (nSPS) is 11.2. The molecule has 1 N–H and O–H groups in total. The van der Waals surface area contributed by atoms with Crippen LogP contribution in [0.5, 0.6) is 0 Å². The van der Waals surface area contributed by atoms with Gasteiger partial charge in [-0.25, -0.2) is 15.0 Å². The van der Waals surface area contributed by atoms with E-state index < -0.39 is 0 Å². The number of hydrogen-bond donors (Lipinski definition) is 1. The molecule has 0 saturated carbocycles. The SMILES string of the molecule is Clc1ccc2cccnc2c1-c1nc2ncncc2[nH]1. The van der Waals surface area contributed by atoms with Crippen LogP contribution in [-0.4, -0.2) is 24.9 Å². The highest BCUT2D eigenvalue weighted by atomic mass is 35.5. The molecule has 0 amide bonds. The van der Waals surface area contributed by atoms with Gasteiger partial charge in [0.05, 0.1) is 22.3 Å². The molecule has 6 heteroatoms. The smallest absolute Gasteiger partial charge is 0.181 e. The lowest BCUT2D eigenvalue weighted by Gasteiger charge is -2.05. The maximum absolute atomic E-state index is 6.33. The Balaban J connectivity index is 2.08. The average Bonchev–Trinajstić information content (AvgIpc) is 2.90. The van der Waals surface area contributed by atoms with Gasteiger partial charge in [-0.3, -0.25) is 4.98 Å². The number of H-pyrrole nitrogens is 1. The molecule has 20 heavy (non-hydrogen) atoms. The second-order valence-electron chi connectivity index (χ2n) is 4.34. The van der Waals surface area contributed by atoms with Crippen molar-refractivity contribution >= 4 is 33.7 Å². The minimum Gasteiger partial charge on any atom is -0.335 e. The molecule has 3 aromatic heterocycles. The van der Waals surface area contributed by atoms with Crippen molar-refractivity contribution in [3.05, 3.63) is 48.0 Å². The zero-order valence-electron chi connectivity index (χ0n) is 10.2. The molecule has 0 spiro atoms. The zero-order valence-corrected chi connectivity index (χ0v) is 11.0. The highest BCUT2D eigenvalue weighted by molar-refractivity contribution is 6.34. The number of imidazole rings is 1. The molecule has 0 unspecified atom stereocenters. The maximum Gasteiger partial charge on any atom is 0.181 e. The molecule has 0 radical (unpaired) electrons. The summed E-state index contributed by atoms with van der Waals surface area (Å²) in [5, 5.41) is 1.61. The number of benzene rings is 1. The van der Waals surface area contributed by atoms with Gasteiger partial charge in [-0.1, -0.05) is 23.7 Å². The molecule has 1 aromatic carbocycles. The minimum atomic E-state index is 0.600. The monoisotopic (exact) mass is 281 g/mol. The third-order valence-electron chi connectivity index (χ3n) is 3.12. The fourth-order valence-electron chi connectivity index (χ4n) is 2.23. The molecule has 0 aliphatic heterocycles.